The maximum atomic E-state index is 13.5. The molecule has 2 aromatic carbocycles. The number of carbonyl (C=O) groups excluding carboxylic acids is 2. The summed E-state index contributed by atoms with van der Waals surface area (Å²) in [5, 5.41) is 2.67. The van der Waals surface area contributed by atoms with E-state index in [9.17, 15) is 14.0 Å². The van der Waals surface area contributed by atoms with E-state index in [1.54, 1.807) is 24.3 Å². The van der Waals surface area contributed by atoms with Gasteiger partial charge in [0, 0.05) is 17.5 Å². The number of halogens is 1. The third kappa shape index (κ3) is 4.43. The van der Waals surface area contributed by atoms with Crippen molar-refractivity contribution in [2.75, 3.05) is 11.1 Å². The fourth-order valence-electron chi connectivity index (χ4n) is 1.75. The Balaban J connectivity index is 1.95. The Kier molecular flexibility index (Phi) is 5.11. The molecule has 0 fully saturated rings. The van der Waals surface area contributed by atoms with Crippen molar-refractivity contribution in [2.45, 2.75) is 11.8 Å². The molecular formula is C16H14FNO2S. The van der Waals surface area contributed by atoms with Gasteiger partial charge >= 0.3 is 0 Å². The van der Waals surface area contributed by atoms with Crippen molar-refractivity contribution in [1.29, 1.82) is 0 Å². The van der Waals surface area contributed by atoms with E-state index in [-0.39, 0.29) is 23.0 Å². The van der Waals surface area contributed by atoms with Crippen LogP contribution in [-0.2, 0) is 4.79 Å². The molecule has 0 bridgehead atoms. The zero-order valence-corrected chi connectivity index (χ0v) is 12.2. The predicted octanol–water partition coefficient (Wildman–Crippen LogP) is 3.76. The lowest BCUT2D eigenvalue weighted by Gasteiger charge is -2.05. The van der Waals surface area contributed by atoms with E-state index in [0.29, 0.717) is 5.69 Å². The lowest BCUT2D eigenvalue weighted by molar-refractivity contribution is -0.114. The number of hydrogen-bond donors (Lipinski definition) is 1. The van der Waals surface area contributed by atoms with E-state index in [2.05, 4.69) is 5.32 Å². The van der Waals surface area contributed by atoms with E-state index < -0.39 is 5.82 Å². The number of hydrogen-bond acceptors (Lipinski definition) is 3. The summed E-state index contributed by atoms with van der Waals surface area (Å²) in [5.41, 5.74) is 0.812. The van der Waals surface area contributed by atoms with Crippen LogP contribution in [0.25, 0.3) is 0 Å². The second-order valence-corrected chi connectivity index (χ2v) is 5.45. The molecule has 2 aromatic rings. The Morgan fingerprint density at radius 3 is 2.38 bits per heavy atom. The van der Waals surface area contributed by atoms with Crippen molar-refractivity contribution in [2.24, 2.45) is 0 Å². The molecule has 0 atom stereocenters. The maximum absolute atomic E-state index is 13.5. The Morgan fingerprint density at radius 1 is 1.10 bits per heavy atom. The van der Waals surface area contributed by atoms with Crippen molar-refractivity contribution in [3.8, 4) is 0 Å². The molecule has 21 heavy (non-hydrogen) atoms. The number of carbonyl (C=O) groups is 2. The third-order valence-electron chi connectivity index (χ3n) is 2.72. The molecule has 0 aromatic heterocycles. The van der Waals surface area contributed by atoms with Gasteiger partial charge in [0.1, 0.15) is 5.82 Å². The number of thioether (sulfide) groups is 1. The predicted molar refractivity (Wildman–Crippen MR) is 82.2 cm³/mol. The molecule has 108 valence electrons. The average molecular weight is 303 g/mol. The zero-order chi connectivity index (χ0) is 15.2. The molecule has 0 aliphatic rings. The smallest absolute Gasteiger partial charge is 0.221 e. The largest absolute Gasteiger partial charge is 0.326 e. The van der Waals surface area contributed by atoms with Crippen molar-refractivity contribution in [3.63, 3.8) is 0 Å². The molecule has 0 unspecified atom stereocenters. The number of anilines is 1. The van der Waals surface area contributed by atoms with Gasteiger partial charge in [0.2, 0.25) is 5.91 Å². The first-order valence-electron chi connectivity index (χ1n) is 6.34. The zero-order valence-electron chi connectivity index (χ0n) is 11.4. The van der Waals surface area contributed by atoms with Crippen LogP contribution in [0.5, 0.6) is 0 Å². The van der Waals surface area contributed by atoms with Crippen LogP contribution >= 0.6 is 11.8 Å². The summed E-state index contributed by atoms with van der Waals surface area (Å²) >= 11 is 1.33. The van der Waals surface area contributed by atoms with Crippen molar-refractivity contribution in [1.82, 2.24) is 0 Å². The lowest BCUT2D eigenvalue weighted by atomic mass is 10.1. The Hall–Kier alpha value is -2.14. The Bertz CT molecular complexity index is 656. The summed E-state index contributed by atoms with van der Waals surface area (Å²) in [7, 11) is 0. The van der Waals surface area contributed by atoms with Crippen LogP contribution in [0.2, 0.25) is 0 Å². The van der Waals surface area contributed by atoms with E-state index >= 15 is 0 Å². The molecule has 0 saturated heterocycles. The van der Waals surface area contributed by atoms with Crippen LogP contribution in [0.15, 0.2) is 53.4 Å². The van der Waals surface area contributed by atoms with Crippen molar-refractivity contribution >= 4 is 29.1 Å². The number of ketones is 1. The molecule has 0 heterocycles. The minimum Gasteiger partial charge on any atom is -0.326 e. The third-order valence-corrected chi connectivity index (χ3v) is 3.73. The molecule has 2 rings (SSSR count). The summed E-state index contributed by atoms with van der Waals surface area (Å²) in [4.78, 5) is 23.7. The molecule has 1 amide bonds. The lowest BCUT2D eigenvalue weighted by Crippen LogP contribution is -2.06. The molecule has 5 heteroatoms. The van der Waals surface area contributed by atoms with Crippen molar-refractivity contribution in [3.05, 3.63) is 59.9 Å². The normalized spacial score (nSPS) is 10.2. The second-order valence-electron chi connectivity index (χ2n) is 4.40. The molecule has 1 N–H and O–H groups in total. The minimum atomic E-state index is -0.496. The Labute approximate surface area is 126 Å². The highest BCUT2D eigenvalue weighted by Crippen LogP contribution is 2.22. The summed E-state index contributed by atoms with van der Waals surface area (Å²) in [6.07, 6.45) is 0. The van der Waals surface area contributed by atoms with E-state index in [0.717, 1.165) is 4.90 Å². The number of amides is 1. The highest BCUT2D eigenvalue weighted by Gasteiger charge is 2.11. The number of rotatable bonds is 5. The van der Waals surface area contributed by atoms with Gasteiger partial charge in [-0.25, -0.2) is 4.39 Å². The maximum Gasteiger partial charge on any atom is 0.221 e. The number of Topliss-reactive ketones (excluding diaryl/α,β-unsaturated/α-hetero) is 1. The van der Waals surface area contributed by atoms with Gasteiger partial charge in [-0.05, 0) is 36.4 Å². The average Bonchev–Trinajstić information content (AvgIpc) is 2.46. The molecule has 3 nitrogen and oxygen atoms in total. The SMILES string of the molecule is CC(=O)Nc1ccc(SCC(=O)c2ccccc2F)cc1. The van der Waals surface area contributed by atoms with Crippen LogP contribution in [0, 0.1) is 5.82 Å². The first kappa shape index (κ1) is 15.3. The van der Waals surface area contributed by atoms with Crippen molar-refractivity contribution < 1.29 is 14.0 Å². The van der Waals surface area contributed by atoms with Gasteiger partial charge in [0.15, 0.2) is 5.78 Å². The van der Waals surface area contributed by atoms with Gasteiger partial charge in [-0.1, -0.05) is 12.1 Å². The van der Waals surface area contributed by atoms with Gasteiger partial charge in [0.25, 0.3) is 0 Å². The quantitative estimate of drug-likeness (QED) is 0.676. The van der Waals surface area contributed by atoms with Gasteiger partial charge in [-0.2, -0.15) is 0 Å². The second kappa shape index (κ2) is 7.04. The fraction of sp³-hybridized carbons (Fsp3) is 0.125. The number of nitrogens with one attached hydrogen (secondary N) is 1. The topological polar surface area (TPSA) is 46.2 Å². The molecular weight excluding hydrogens is 289 g/mol. The summed E-state index contributed by atoms with van der Waals surface area (Å²) < 4.78 is 13.5. The van der Waals surface area contributed by atoms with Gasteiger partial charge in [0.05, 0.1) is 11.3 Å². The number of benzene rings is 2. The van der Waals surface area contributed by atoms with Gasteiger partial charge in [-0.15, -0.1) is 11.8 Å². The monoisotopic (exact) mass is 303 g/mol. The Morgan fingerprint density at radius 2 is 1.76 bits per heavy atom. The van der Waals surface area contributed by atoms with Gasteiger partial charge < -0.3 is 5.32 Å². The van der Waals surface area contributed by atoms with E-state index in [4.69, 9.17) is 0 Å². The summed E-state index contributed by atoms with van der Waals surface area (Å²) in [6, 6.07) is 13.1. The van der Waals surface area contributed by atoms with Gasteiger partial charge in [-0.3, -0.25) is 9.59 Å². The summed E-state index contributed by atoms with van der Waals surface area (Å²) in [6.45, 7) is 1.44. The first-order chi connectivity index (χ1) is 10.1. The molecule has 0 aliphatic heterocycles. The summed E-state index contributed by atoms with van der Waals surface area (Å²) in [5.74, 6) is -0.710. The van der Waals surface area contributed by atoms with E-state index in [1.165, 1.54) is 30.8 Å². The van der Waals surface area contributed by atoms with Crippen LogP contribution in [0.3, 0.4) is 0 Å². The molecule has 0 saturated carbocycles. The molecule has 0 aliphatic carbocycles. The highest BCUT2D eigenvalue weighted by atomic mass is 32.2. The highest BCUT2D eigenvalue weighted by molar-refractivity contribution is 8.00. The molecule has 0 spiro atoms. The minimum absolute atomic E-state index is 0.111. The fourth-order valence-corrected chi connectivity index (χ4v) is 2.53. The van der Waals surface area contributed by atoms with Crippen LogP contribution < -0.4 is 5.32 Å². The van der Waals surface area contributed by atoms with E-state index in [1.807, 2.05) is 12.1 Å². The molecule has 0 radical (unpaired) electrons. The standard InChI is InChI=1S/C16H14FNO2S/c1-11(19)18-12-6-8-13(9-7-12)21-10-16(20)14-4-2-3-5-15(14)17/h2-9H,10H2,1H3,(H,18,19). The van der Waals surface area contributed by atoms with Crippen LogP contribution in [0.1, 0.15) is 17.3 Å². The van der Waals surface area contributed by atoms with Crippen LogP contribution in [0.4, 0.5) is 10.1 Å². The van der Waals surface area contributed by atoms with Crippen LogP contribution in [-0.4, -0.2) is 17.4 Å². The first-order valence-corrected chi connectivity index (χ1v) is 7.33.